The Kier molecular flexibility index (Phi) is 8.04. The van der Waals surface area contributed by atoms with Gasteiger partial charge in [-0.05, 0) is 36.4 Å². The molecular weight excluding hydrogens is 414 g/mol. The van der Waals surface area contributed by atoms with Gasteiger partial charge in [0.1, 0.15) is 23.9 Å². The fraction of sp³-hybridized carbons (Fsp3) is 0.238. The summed E-state index contributed by atoms with van der Waals surface area (Å²) >= 11 is 0. The molecule has 2 rings (SSSR count). The molecule has 0 saturated carbocycles. The van der Waals surface area contributed by atoms with Crippen LogP contribution in [0.1, 0.15) is 5.56 Å². The maximum atomic E-state index is 12.3. The van der Waals surface area contributed by atoms with Gasteiger partial charge in [0.05, 0.1) is 0 Å². The third kappa shape index (κ3) is 9.78. The van der Waals surface area contributed by atoms with Gasteiger partial charge in [0.15, 0.2) is 13.2 Å². The second kappa shape index (κ2) is 10.5. The summed E-state index contributed by atoms with van der Waals surface area (Å²) in [5.41, 5.74) is 0.125. The minimum atomic E-state index is -4.60. The molecule has 2 aromatic rings. The van der Waals surface area contributed by atoms with E-state index < -0.39 is 25.6 Å². The number of hydrogen-bond acceptors (Lipinski definition) is 3. The average Bonchev–Trinajstić information content (AvgIpc) is 2.67. The van der Waals surface area contributed by atoms with E-state index in [0.717, 1.165) is 6.07 Å². The molecule has 0 aliphatic rings. The lowest BCUT2D eigenvalue weighted by Gasteiger charge is -2.13. The second-order valence-corrected chi connectivity index (χ2v) is 5.80. The summed E-state index contributed by atoms with van der Waals surface area (Å²) < 4.78 is 88.6. The van der Waals surface area contributed by atoms with E-state index in [0.29, 0.717) is 5.75 Å². The van der Waals surface area contributed by atoms with Crippen molar-refractivity contribution in [1.82, 2.24) is 0 Å². The lowest BCUT2D eigenvalue weighted by Crippen LogP contribution is -2.20. The van der Waals surface area contributed by atoms with Gasteiger partial charge in [-0.25, -0.2) is 0 Å². The van der Waals surface area contributed by atoms with Crippen LogP contribution >= 0.6 is 0 Å². The monoisotopic (exact) mass is 430 g/mol. The third-order valence-electron chi connectivity index (χ3n) is 3.19. The summed E-state index contributed by atoms with van der Waals surface area (Å²) in [7, 11) is 0. The minimum absolute atomic E-state index is 0.125. The van der Waals surface area contributed by atoms with E-state index in [1.54, 1.807) is 18.2 Å². The van der Waals surface area contributed by atoms with Gasteiger partial charge in [0.25, 0.3) is 0 Å². The Morgan fingerprint density at radius 3 is 1.83 bits per heavy atom. The Balaban J connectivity index is 2.05. The molecule has 0 saturated heterocycles. The Morgan fingerprint density at radius 2 is 1.30 bits per heavy atom. The number of benzene rings is 2. The zero-order valence-corrected chi connectivity index (χ0v) is 15.4. The van der Waals surface area contributed by atoms with Crippen molar-refractivity contribution in [2.75, 3.05) is 19.8 Å². The molecule has 0 bridgehead atoms. The first kappa shape index (κ1) is 23.0. The van der Waals surface area contributed by atoms with Gasteiger partial charge < -0.3 is 14.2 Å². The normalized spacial score (nSPS) is 11.7. The van der Waals surface area contributed by atoms with Crippen LogP contribution in [0.2, 0.25) is 0 Å². The summed E-state index contributed by atoms with van der Waals surface area (Å²) in [6.07, 6.45) is -6.15. The zero-order valence-electron chi connectivity index (χ0n) is 15.4. The molecule has 0 amide bonds. The van der Waals surface area contributed by atoms with E-state index in [-0.39, 0.29) is 23.7 Å². The van der Waals surface area contributed by atoms with Crippen molar-refractivity contribution in [3.8, 4) is 29.1 Å². The number of hydrogen-bond donors (Lipinski definition) is 0. The predicted molar refractivity (Wildman–Crippen MR) is 97.5 cm³/mol. The molecule has 2 aromatic carbocycles. The average molecular weight is 430 g/mol. The molecule has 30 heavy (non-hydrogen) atoms. The Labute approximate surface area is 168 Å². The van der Waals surface area contributed by atoms with E-state index in [1.807, 2.05) is 18.2 Å². The summed E-state index contributed by atoms with van der Waals surface area (Å²) in [4.78, 5) is 0. The molecule has 0 fully saturated rings. The van der Waals surface area contributed by atoms with Crippen LogP contribution in [0.25, 0.3) is 0 Å². The molecule has 0 atom stereocenters. The summed E-state index contributed by atoms with van der Waals surface area (Å²) in [5, 5.41) is 0. The van der Waals surface area contributed by atoms with Gasteiger partial charge in [-0.3, -0.25) is 0 Å². The number of ether oxygens (including phenoxy) is 3. The number of halogens is 6. The van der Waals surface area contributed by atoms with Crippen LogP contribution in [-0.2, 0) is 0 Å². The van der Waals surface area contributed by atoms with Crippen molar-refractivity contribution in [2.45, 2.75) is 12.4 Å². The summed E-state index contributed by atoms with van der Waals surface area (Å²) in [6, 6.07) is 12.3. The van der Waals surface area contributed by atoms with Crippen LogP contribution in [0, 0.1) is 11.8 Å². The van der Waals surface area contributed by atoms with E-state index in [2.05, 4.69) is 21.3 Å². The first-order valence-corrected chi connectivity index (χ1v) is 8.49. The minimum Gasteiger partial charge on any atom is -0.490 e. The van der Waals surface area contributed by atoms with Crippen LogP contribution in [0.15, 0.2) is 60.7 Å². The number of allylic oxidation sites excluding steroid dienone is 1. The highest BCUT2D eigenvalue weighted by molar-refractivity contribution is 5.47. The van der Waals surface area contributed by atoms with Gasteiger partial charge >= 0.3 is 12.4 Å². The van der Waals surface area contributed by atoms with E-state index in [1.165, 1.54) is 18.2 Å². The van der Waals surface area contributed by atoms with Gasteiger partial charge in [-0.15, -0.1) is 0 Å². The quantitative estimate of drug-likeness (QED) is 0.426. The largest absolute Gasteiger partial charge is 0.490 e. The topological polar surface area (TPSA) is 27.7 Å². The SMILES string of the molecule is FC(F)(F)COc1cc(C#CC=CCOc2ccccc2)cc(OCC(F)(F)F)c1. The molecule has 0 unspecified atom stereocenters. The molecular formula is C21H16F6O3. The molecule has 3 nitrogen and oxygen atoms in total. The van der Waals surface area contributed by atoms with Crippen molar-refractivity contribution in [2.24, 2.45) is 0 Å². The van der Waals surface area contributed by atoms with Crippen molar-refractivity contribution in [3.63, 3.8) is 0 Å². The molecule has 0 N–H and O–H groups in total. The van der Waals surface area contributed by atoms with Gasteiger partial charge in [0.2, 0.25) is 0 Å². The van der Waals surface area contributed by atoms with E-state index in [4.69, 9.17) is 4.74 Å². The predicted octanol–water partition coefficient (Wildman–Crippen LogP) is 5.56. The van der Waals surface area contributed by atoms with Gasteiger partial charge in [-0.1, -0.05) is 30.0 Å². The number of rotatable bonds is 7. The third-order valence-corrected chi connectivity index (χ3v) is 3.19. The number of para-hydroxylation sites is 1. The number of alkyl halides is 6. The Morgan fingerprint density at radius 1 is 0.733 bits per heavy atom. The summed E-state index contributed by atoms with van der Waals surface area (Å²) in [5.74, 6) is 5.26. The smallest absolute Gasteiger partial charge is 0.422 e. The molecule has 0 aliphatic heterocycles. The van der Waals surface area contributed by atoms with Crippen LogP contribution in [-0.4, -0.2) is 32.2 Å². The highest BCUT2D eigenvalue weighted by Crippen LogP contribution is 2.26. The zero-order chi connectivity index (χ0) is 22.0. The van der Waals surface area contributed by atoms with Crippen molar-refractivity contribution < 1.29 is 40.6 Å². The second-order valence-electron chi connectivity index (χ2n) is 5.80. The van der Waals surface area contributed by atoms with E-state index in [9.17, 15) is 26.3 Å². The lowest BCUT2D eigenvalue weighted by molar-refractivity contribution is -0.153. The van der Waals surface area contributed by atoms with Crippen LogP contribution in [0.4, 0.5) is 26.3 Å². The maximum Gasteiger partial charge on any atom is 0.422 e. The fourth-order valence-corrected chi connectivity index (χ4v) is 2.03. The highest BCUT2D eigenvalue weighted by atomic mass is 19.4. The molecule has 0 radical (unpaired) electrons. The Bertz CT molecular complexity index is 857. The fourth-order valence-electron chi connectivity index (χ4n) is 2.03. The van der Waals surface area contributed by atoms with Crippen LogP contribution in [0.3, 0.4) is 0 Å². The van der Waals surface area contributed by atoms with Crippen molar-refractivity contribution in [3.05, 3.63) is 66.2 Å². The standard InChI is InChI=1S/C21H16F6O3/c22-20(23,24)14-29-18-11-16(12-19(13-18)30-15-21(25,26)27)7-3-2-6-10-28-17-8-4-1-5-9-17/h1-2,4-6,8-9,11-13H,10,14-15H2. The van der Waals surface area contributed by atoms with Gasteiger partial charge in [0, 0.05) is 11.6 Å². The van der Waals surface area contributed by atoms with Gasteiger partial charge in [-0.2, -0.15) is 26.3 Å². The Hall–Kier alpha value is -3.28. The summed E-state index contributed by atoms with van der Waals surface area (Å²) in [6.45, 7) is -2.97. The molecule has 0 aromatic heterocycles. The van der Waals surface area contributed by atoms with Crippen LogP contribution in [0.5, 0.6) is 17.2 Å². The molecule has 0 spiro atoms. The van der Waals surface area contributed by atoms with Crippen molar-refractivity contribution >= 4 is 0 Å². The lowest BCUT2D eigenvalue weighted by atomic mass is 10.2. The molecule has 9 heteroatoms. The van der Waals surface area contributed by atoms with Crippen molar-refractivity contribution in [1.29, 1.82) is 0 Å². The first-order chi connectivity index (χ1) is 14.1. The molecule has 0 aliphatic carbocycles. The molecule has 160 valence electrons. The van der Waals surface area contributed by atoms with E-state index >= 15 is 0 Å². The maximum absolute atomic E-state index is 12.3. The highest BCUT2D eigenvalue weighted by Gasteiger charge is 2.29. The first-order valence-electron chi connectivity index (χ1n) is 8.49. The van der Waals surface area contributed by atoms with Crippen LogP contribution < -0.4 is 14.2 Å². The molecule has 0 heterocycles.